The van der Waals surface area contributed by atoms with Crippen molar-refractivity contribution in [3.8, 4) is 0 Å². The third kappa shape index (κ3) is 5.13. The molecule has 0 amide bonds. The predicted molar refractivity (Wildman–Crippen MR) is 81.6 cm³/mol. The molecule has 0 fully saturated rings. The van der Waals surface area contributed by atoms with Crippen LogP contribution in [0.25, 0.3) is 0 Å². The van der Waals surface area contributed by atoms with Gasteiger partial charge in [0.05, 0.1) is 0 Å². The summed E-state index contributed by atoms with van der Waals surface area (Å²) in [5.74, 6) is -0.194. The standard InChI is InChI=1S/C15H19F2N3S/c1-2-3-18-5-7-21-15-19-4-6-20(15)11-12-8-13(16)10-14(17)9-12/h4,6,8-10,18H,2-3,5,7,11H2,1H3. The van der Waals surface area contributed by atoms with Crippen LogP contribution in [0.2, 0.25) is 0 Å². The maximum Gasteiger partial charge on any atom is 0.168 e. The van der Waals surface area contributed by atoms with Crippen LogP contribution in [0.5, 0.6) is 0 Å². The number of aromatic nitrogens is 2. The van der Waals surface area contributed by atoms with Crippen LogP contribution in [0.4, 0.5) is 8.78 Å². The first kappa shape index (κ1) is 16.0. The van der Waals surface area contributed by atoms with Gasteiger partial charge in [-0.15, -0.1) is 0 Å². The van der Waals surface area contributed by atoms with Gasteiger partial charge in [-0.05, 0) is 30.7 Å². The molecule has 3 nitrogen and oxygen atoms in total. The Morgan fingerprint density at radius 3 is 2.67 bits per heavy atom. The number of rotatable bonds is 8. The molecule has 2 aromatic rings. The fourth-order valence-corrected chi connectivity index (χ4v) is 2.83. The fraction of sp³-hybridized carbons (Fsp3) is 0.400. The van der Waals surface area contributed by atoms with E-state index in [9.17, 15) is 8.78 Å². The minimum absolute atomic E-state index is 0.416. The summed E-state index contributed by atoms with van der Waals surface area (Å²) >= 11 is 1.63. The zero-order valence-electron chi connectivity index (χ0n) is 12.0. The van der Waals surface area contributed by atoms with Crippen LogP contribution in [-0.2, 0) is 6.54 Å². The second-order valence-electron chi connectivity index (χ2n) is 4.71. The molecule has 0 bridgehead atoms. The number of thioether (sulfide) groups is 1. The Bertz CT molecular complexity index is 552. The van der Waals surface area contributed by atoms with Gasteiger partial charge in [0.2, 0.25) is 0 Å². The minimum atomic E-state index is -0.553. The van der Waals surface area contributed by atoms with Crippen LogP contribution >= 0.6 is 11.8 Å². The van der Waals surface area contributed by atoms with E-state index in [-0.39, 0.29) is 0 Å². The molecule has 0 unspecified atom stereocenters. The molecule has 6 heteroatoms. The van der Waals surface area contributed by atoms with Crippen LogP contribution < -0.4 is 5.32 Å². The topological polar surface area (TPSA) is 29.9 Å². The number of imidazole rings is 1. The van der Waals surface area contributed by atoms with Crippen LogP contribution in [0, 0.1) is 11.6 Å². The van der Waals surface area contributed by atoms with Crippen LogP contribution in [-0.4, -0.2) is 28.4 Å². The molecule has 0 saturated heterocycles. The lowest BCUT2D eigenvalue weighted by atomic mass is 10.2. The zero-order chi connectivity index (χ0) is 15.1. The molecule has 0 spiro atoms. The van der Waals surface area contributed by atoms with E-state index in [2.05, 4.69) is 17.2 Å². The Morgan fingerprint density at radius 2 is 1.95 bits per heavy atom. The summed E-state index contributed by atoms with van der Waals surface area (Å²) in [5.41, 5.74) is 0.594. The molecule has 0 atom stereocenters. The Labute approximate surface area is 127 Å². The van der Waals surface area contributed by atoms with Gasteiger partial charge in [-0.3, -0.25) is 0 Å². The Morgan fingerprint density at radius 1 is 1.19 bits per heavy atom. The maximum absolute atomic E-state index is 13.2. The molecule has 0 radical (unpaired) electrons. The maximum atomic E-state index is 13.2. The molecule has 1 heterocycles. The summed E-state index contributed by atoms with van der Waals surface area (Å²) in [6.07, 6.45) is 4.65. The Balaban J connectivity index is 1.93. The number of hydrogen-bond acceptors (Lipinski definition) is 3. The summed E-state index contributed by atoms with van der Waals surface area (Å²) in [4.78, 5) is 4.29. The largest absolute Gasteiger partial charge is 0.322 e. The molecular formula is C15H19F2N3S. The van der Waals surface area contributed by atoms with Crippen LogP contribution in [0.3, 0.4) is 0 Å². The molecule has 21 heavy (non-hydrogen) atoms. The lowest BCUT2D eigenvalue weighted by molar-refractivity contribution is 0.575. The van der Waals surface area contributed by atoms with E-state index in [4.69, 9.17) is 0 Å². The lowest BCUT2D eigenvalue weighted by Gasteiger charge is -2.08. The molecular weight excluding hydrogens is 292 g/mol. The van der Waals surface area contributed by atoms with Crippen molar-refractivity contribution in [2.75, 3.05) is 18.8 Å². The first-order valence-electron chi connectivity index (χ1n) is 6.98. The van der Waals surface area contributed by atoms with Crippen molar-refractivity contribution in [2.24, 2.45) is 0 Å². The van der Waals surface area contributed by atoms with E-state index >= 15 is 0 Å². The summed E-state index contributed by atoms with van der Waals surface area (Å²) in [6, 6.07) is 3.58. The molecule has 1 aromatic carbocycles. The second kappa shape index (κ2) is 8.14. The SMILES string of the molecule is CCCNCCSc1nccn1Cc1cc(F)cc(F)c1. The Kier molecular flexibility index (Phi) is 6.20. The van der Waals surface area contributed by atoms with Gasteiger partial charge in [-0.2, -0.15) is 0 Å². The monoisotopic (exact) mass is 311 g/mol. The number of nitrogens with one attached hydrogen (secondary N) is 1. The van der Waals surface area contributed by atoms with Crippen molar-refractivity contribution in [1.29, 1.82) is 0 Å². The van der Waals surface area contributed by atoms with Crippen molar-refractivity contribution in [2.45, 2.75) is 25.0 Å². The predicted octanol–water partition coefficient (Wildman–Crippen LogP) is 3.30. The van der Waals surface area contributed by atoms with Gasteiger partial charge in [0.25, 0.3) is 0 Å². The van der Waals surface area contributed by atoms with Crippen molar-refractivity contribution in [3.05, 3.63) is 47.8 Å². The lowest BCUT2D eigenvalue weighted by Crippen LogP contribution is -2.17. The van der Waals surface area contributed by atoms with Gasteiger partial charge in [0, 0.05) is 37.3 Å². The van der Waals surface area contributed by atoms with Gasteiger partial charge in [-0.25, -0.2) is 13.8 Å². The zero-order valence-corrected chi connectivity index (χ0v) is 12.8. The molecule has 0 aliphatic carbocycles. The van der Waals surface area contributed by atoms with Crippen LogP contribution in [0.15, 0.2) is 35.7 Å². The minimum Gasteiger partial charge on any atom is -0.322 e. The number of hydrogen-bond donors (Lipinski definition) is 1. The number of nitrogens with zero attached hydrogens (tertiary/aromatic N) is 2. The third-order valence-electron chi connectivity index (χ3n) is 2.89. The highest BCUT2D eigenvalue weighted by Crippen LogP contribution is 2.17. The third-order valence-corrected chi connectivity index (χ3v) is 3.90. The molecule has 114 valence electrons. The second-order valence-corrected chi connectivity index (χ2v) is 5.78. The number of benzene rings is 1. The molecule has 2 rings (SSSR count). The normalized spacial score (nSPS) is 11.0. The van der Waals surface area contributed by atoms with Crippen molar-refractivity contribution >= 4 is 11.8 Å². The van der Waals surface area contributed by atoms with E-state index in [0.29, 0.717) is 12.1 Å². The van der Waals surface area contributed by atoms with Gasteiger partial charge < -0.3 is 9.88 Å². The fourth-order valence-electron chi connectivity index (χ4n) is 1.97. The van der Waals surface area contributed by atoms with Crippen LogP contribution in [0.1, 0.15) is 18.9 Å². The van der Waals surface area contributed by atoms with Gasteiger partial charge in [0.15, 0.2) is 5.16 Å². The van der Waals surface area contributed by atoms with E-state index < -0.39 is 11.6 Å². The molecule has 0 aliphatic heterocycles. The van der Waals surface area contributed by atoms with E-state index in [0.717, 1.165) is 36.5 Å². The quantitative estimate of drug-likeness (QED) is 0.599. The summed E-state index contributed by atoms with van der Waals surface area (Å²) in [6.45, 7) is 4.47. The van der Waals surface area contributed by atoms with Gasteiger partial charge >= 0.3 is 0 Å². The summed E-state index contributed by atoms with van der Waals surface area (Å²) < 4.78 is 28.3. The van der Waals surface area contributed by atoms with Gasteiger partial charge in [-0.1, -0.05) is 18.7 Å². The highest BCUT2D eigenvalue weighted by Gasteiger charge is 2.06. The molecule has 1 N–H and O–H groups in total. The number of halogens is 2. The first-order chi connectivity index (χ1) is 10.2. The van der Waals surface area contributed by atoms with E-state index in [1.165, 1.54) is 12.1 Å². The molecule has 0 saturated carbocycles. The average Bonchev–Trinajstić information content (AvgIpc) is 2.85. The average molecular weight is 311 g/mol. The summed E-state index contributed by atoms with van der Waals surface area (Å²) in [7, 11) is 0. The molecule has 0 aliphatic rings. The Hall–Kier alpha value is -1.40. The smallest absolute Gasteiger partial charge is 0.168 e. The van der Waals surface area contributed by atoms with Crippen molar-refractivity contribution < 1.29 is 8.78 Å². The highest BCUT2D eigenvalue weighted by molar-refractivity contribution is 7.99. The molecule has 1 aromatic heterocycles. The van der Waals surface area contributed by atoms with Gasteiger partial charge in [0.1, 0.15) is 11.6 Å². The summed E-state index contributed by atoms with van der Waals surface area (Å²) in [5, 5.41) is 4.18. The first-order valence-corrected chi connectivity index (χ1v) is 7.97. The van der Waals surface area contributed by atoms with Crippen molar-refractivity contribution in [3.63, 3.8) is 0 Å². The van der Waals surface area contributed by atoms with E-state index in [1.807, 2.05) is 10.8 Å². The van der Waals surface area contributed by atoms with Crippen molar-refractivity contribution in [1.82, 2.24) is 14.9 Å². The van der Waals surface area contributed by atoms with E-state index in [1.54, 1.807) is 18.0 Å². The highest BCUT2D eigenvalue weighted by atomic mass is 32.2.